The molecular weight excluding hydrogens is 358 g/mol. The second-order valence-electron chi connectivity index (χ2n) is 5.61. The van der Waals surface area contributed by atoms with E-state index < -0.39 is 11.6 Å². The predicted octanol–water partition coefficient (Wildman–Crippen LogP) is 3.05. The molecule has 0 bridgehead atoms. The van der Waals surface area contributed by atoms with Crippen LogP contribution in [0.25, 0.3) is 21.8 Å². The fraction of sp³-hybridized carbons (Fsp3) is 0.176. The van der Waals surface area contributed by atoms with Crippen LogP contribution in [0.5, 0.6) is 0 Å². The molecule has 0 aliphatic heterocycles. The highest BCUT2D eigenvalue weighted by molar-refractivity contribution is 7.15. The first-order valence-electron chi connectivity index (χ1n) is 7.79. The molecule has 0 fully saturated rings. The van der Waals surface area contributed by atoms with Crippen molar-refractivity contribution in [1.29, 1.82) is 0 Å². The van der Waals surface area contributed by atoms with Crippen molar-refractivity contribution in [1.82, 2.24) is 15.3 Å². The van der Waals surface area contributed by atoms with Crippen molar-refractivity contribution in [3.05, 3.63) is 46.6 Å². The van der Waals surface area contributed by atoms with Crippen LogP contribution >= 0.6 is 11.3 Å². The molecule has 0 atom stereocenters. The SMILES string of the molecule is CNCc1nc(C)c(-c2cccc(-c3cc(F)c(N)c(NN)c3F)n2)s1. The van der Waals surface area contributed by atoms with Gasteiger partial charge in [0.2, 0.25) is 0 Å². The number of halogens is 2. The minimum absolute atomic E-state index is 0.0240. The Balaban J connectivity index is 2.10. The van der Waals surface area contributed by atoms with E-state index in [2.05, 4.69) is 20.7 Å². The molecular formula is C17H18F2N6S. The van der Waals surface area contributed by atoms with E-state index in [0.717, 1.165) is 21.6 Å². The summed E-state index contributed by atoms with van der Waals surface area (Å²) < 4.78 is 28.7. The van der Waals surface area contributed by atoms with Crippen LogP contribution in [0.1, 0.15) is 10.7 Å². The van der Waals surface area contributed by atoms with E-state index in [1.165, 1.54) is 11.3 Å². The molecule has 3 rings (SSSR count). The third kappa shape index (κ3) is 3.24. The average molecular weight is 376 g/mol. The van der Waals surface area contributed by atoms with Gasteiger partial charge < -0.3 is 16.5 Å². The molecule has 3 aromatic rings. The Bertz CT molecular complexity index is 957. The fourth-order valence-electron chi connectivity index (χ4n) is 2.60. The third-order valence-electron chi connectivity index (χ3n) is 3.82. The zero-order valence-corrected chi connectivity index (χ0v) is 15.0. The Morgan fingerprint density at radius 1 is 1.19 bits per heavy atom. The highest BCUT2D eigenvalue weighted by Crippen LogP contribution is 2.35. The van der Waals surface area contributed by atoms with E-state index >= 15 is 0 Å². The summed E-state index contributed by atoms with van der Waals surface area (Å²) in [5.74, 6) is 3.74. The lowest BCUT2D eigenvalue weighted by molar-refractivity contribution is 0.609. The standard InChI is InChI=1S/C17H18F2N6S/c1-8-17(26-13(23-8)7-22-2)12-5-3-4-11(24-12)9-6-10(18)15(20)16(25-21)14(9)19/h3-6,22,25H,7,20-21H2,1-2H3. The number of hydrogen-bond acceptors (Lipinski definition) is 7. The maximum Gasteiger partial charge on any atom is 0.159 e. The summed E-state index contributed by atoms with van der Waals surface area (Å²) in [6.07, 6.45) is 0. The number of hydrazine groups is 1. The number of anilines is 2. The average Bonchev–Trinajstić information content (AvgIpc) is 2.99. The highest BCUT2D eigenvalue weighted by atomic mass is 32.1. The van der Waals surface area contributed by atoms with Gasteiger partial charge in [-0.15, -0.1) is 11.3 Å². The van der Waals surface area contributed by atoms with Gasteiger partial charge in [0.05, 0.1) is 27.6 Å². The second-order valence-corrected chi connectivity index (χ2v) is 6.70. The zero-order chi connectivity index (χ0) is 18.8. The molecule has 0 spiro atoms. The lowest BCUT2D eigenvalue weighted by Crippen LogP contribution is -2.13. The summed E-state index contributed by atoms with van der Waals surface area (Å²) in [5.41, 5.74) is 8.68. The van der Waals surface area contributed by atoms with Gasteiger partial charge in [0, 0.05) is 12.1 Å². The largest absolute Gasteiger partial charge is 0.395 e. The van der Waals surface area contributed by atoms with Crippen molar-refractivity contribution in [2.75, 3.05) is 18.2 Å². The molecule has 2 aromatic heterocycles. The molecule has 0 aliphatic rings. The lowest BCUT2D eigenvalue weighted by Gasteiger charge is -2.12. The number of rotatable bonds is 5. The minimum atomic E-state index is -0.771. The van der Waals surface area contributed by atoms with E-state index in [-0.39, 0.29) is 22.6 Å². The molecule has 0 aliphatic carbocycles. The van der Waals surface area contributed by atoms with Crippen molar-refractivity contribution < 1.29 is 8.78 Å². The molecule has 1 aromatic carbocycles. The summed E-state index contributed by atoms with van der Waals surface area (Å²) in [5, 5.41) is 3.97. The number of aryl methyl sites for hydroxylation is 1. The van der Waals surface area contributed by atoms with E-state index in [4.69, 9.17) is 11.6 Å². The number of thiazole rings is 1. The van der Waals surface area contributed by atoms with Gasteiger partial charge in [0.1, 0.15) is 16.5 Å². The Kier molecular flexibility index (Phi) is 5.12. The summed E-state index contributed by atoms with van der Waals surface area (Å²) in [6, 6.07) is 6.16. The van der Waals surface area contributed by atoms with E-state index in [1.54, 1.807) is 18.2 Å². The molecule has 0 unspecified atom stereocenters. The molecule has 136 valence electrons. The number of aromatic nitrogens is 2. The highest BCUT2D eigenvalue weighted by Gasteiger charge is 2.19. The van der Waals surface area contributed by atoms with Crippen molar-refractivity contribution >= 4 is 22.7 Å². The Labute approximate surface area is 153 Å². The first-order valence-corrected chi connectivity index (χ1v) is 8.60. The van der Waals surface area contributed by atoms with Gasteiger partial charge in [-0.05, 0) is 32.2 Å². The predicted molar refractivity (Wildman–Crippen MR) is 100 cm³/mol. The van der Waals surface area contributed by atoms with E-state index in [9.17, 15) is 8.78 Å². The Hall–Kier alpha value is -2.62. The van der Waals surface area contributed by atoms with Crippen molar-refractivity contribution in [2.24, 2.45) is 5.84 Å². The van der Waals surface area contributed by atoms with Crippen LogP contribution in [-0.4, -0.2) is 17.0 Å². The smallest absolute Gasteiger partial charge is 0.159 e. The minimum Gasteiger partial charge on any atom is -0.395 e. The van der Waals surface area contributed by atoms with Gasteiger partial charge in [-0.3, -0.25) is 5.84 Å². The van der Waals surface area contributed by atoms with Gasteiger partial charge in [-0.25, -0.2) is 18.7 Å². The van der Waals surface area contributed by atoms with E-state index in [0.29, 0.717) is 12.2 Å². The van der Waals surface area contributed by atoms with Crippen LogP contribution in [-0.2, 0) is 6.54 Å². The van der Waals surface area contributed by atoms with Gasteiger partial charge in [0.15, 0.2) is 5.82 Å². The molecule has 26 heavy (non-hydrogen) atoms. The van der Waals surface area contributed by atoms with Crippen molar-refractivity contribution in [3.63, 3.8) is 0 Å². The van der Waals surface area contributed by atoms with Crippen LogP contribution in [0.2, 0.25) is 0 Å². The van der Waals surface area contributed by atoms with Gasteiger partial charge in [0.25, 0.3) is 0 Å². The van der Waals surface area contributed by atoms with Crippen molar-refractivity contribution in [3.8, 4) is 21.8 Å². The van der Waals surface area contributed by atoms with Crippen LogP contribution in [0.4, 0.5) is 20.2 Å². The topological polar surface area (TPSA) is 102 Å². The van der Waals surface area contributed by atoms with Crippen LogP contribution in [0, 0.1) is 18.6 Å². The molecule has 6 N–H and O–H groups in total. The maximum atomic E-state index is 14.7. The molecule has 0 saturated carbocycles. The number of hydrogen-bond donors (Lipinski definition) is 4. The number of nitrogen functional groups attached to an aromatic ring is 2. The number of nitrogens with one attached hydrogen (secondary N) is 2. The third-order valence-corrected chi connectivity index (χ3v) is 5.00. The number of nitrogens with two attached hydrogens (primary N) is 2. The summed E-state index contributed by atoms with van der Waals surface area (Å²) in [6.45, 7) is 2.54. The van der Waals surface area contributed by atoms with Gasteiger partial charge >= 0.3 is 0 Å². The van der Waals surface area contributed by atoms with Crippen LogP contribution in [0.3, 0.4) is 0 Å². The van der Waals surface area contributed by atoms with Crippen LogP contribution in [0.15, 0.2) is 24.3 Å². The normalized spacial score (nSPS) is 11.0. The van der Waals surface area contributed by atoms with Gasteiger partial charge in [-0.1, -0.05) is 6.07 Å². The molecule has 0 saturated heterocycles. The summed E-state index contributed by atoms with van der Waals surface area (Å²) >= 11 is 1.50. The molecule has 2 heterocycles. The van der Waals surface area contributed by atoms with Gasteiger partial charge in [-0.2, -0.15) is 0 Å². The Morgan fingerprint density at radius 2 is 1.92 bits per heavy atom. The van der Waals surface area contributed by atoms with E-state index in [1.807, 2.05) is 14.0 Å². The Morgan fingerprint density at radius 3 is 2.62 bits per heavy atom. The lowest BCUT2D eigenvalue weighted by atomic mass is 10.1. The maximum absolute atomic E-state index is 14.7. The number of pyridine rings is 1. The van der Waals surface area contributed by atoms with Crippen molar-refractivity contribution in [2.45, 2.75) is 13.5 Å². The fourth-order valence-corrected chi connectivity index (χ4v) is 3.64. The zero-order valence-electron chi connectivity index (χ0n) is 14.2. The summed E-state index contributed by atoms with van der Waals surface area (Å²) in [7, 11) is 1.84. The molecule has 9 heteroatoms. The number of nitrogens with zero attached hydrogens (tertiary/aromatic N) is 2. The summed E-state index contributed by atoms with van der Waals surface area (Å²) in [4.78, 5) is 9.86. The molecule has 0 amide bonds. The molecule has 0 radical (unpaired) electrons. The molecule has 6 nitrogen and oxygen atoms in total. The second kappa shape index (κ2) is 7.32. The first kappa shape index (κ1) is 18.2. The quantitative estimate of drug-likeness (QED) is 0.310. The monoisotopic (exact) mass is 376 g/mol. The number of benzene rings is 1. The van der Waals surface area contributed by atoms with Crippen LogP contribution < -0.4 is 22.3 Å². The first-order chi connectivity index (χ1) is 12.5.